The molecule has 0 radical (unpaired) electrons. The first kappa shape index (κ1) is 10.3. The van der Waals surface area contributed by atoms with E-state index in [9.17, 15) is 0 Å². The lowest BCUT2D eigenvalue weighted by Crippen LogP contribution is -2.27. The van der Waals surface area contributed by atoms with Crippen LogP contribution in [0, 0.1) is 19.3 Å². The molecule has 0 saturated carbocycles. The van der Waals surface area contributed by atoms with Gasteiger partial charge in [0.05, 0.1) is 12.3 Å². The fraction of sp³-hybridized carbons (Fsp3) is 0.538. The molecule has 1 aliphatic rings. The van der Waals surface area contributed by atoms with Gasteiger partial charge < -0.3 is 10.1 Å². The molecule has 1 aromatic carbocycles. The van der Waals surface area contributed by atoms with Crippen LogP contribution >= 0.6 is 0 Å². The lowest BCUT2D eigenvalue weighted by molar-refractivity contribution is 0.199. The van der Waals surface area contributed by atoms with Crippen LogP contribution in [0.1, 0.15) is 25.0 Å². The lowest BCUT2D eigenvalue weighted by Gasteiger charge is -2.20. The minimum atomic E-state index is 0.194. The highest BCUT2D eigenvalue weighted by Crippen LogP contribution is 2.34. The highest BCUT2D eigenvalue weighted by atomic mass is 16.5. The molecule has 0 spiro atoms. The molecule has 1 aliphatic heterocycles. The number of hydrogen-bond donors (Lipinski definition) is 1. The van der Waals surface area contributed by atoms with Crippen LogP contribution in [0.15, 0.2) is 12.1 Å². The average Bonchev–Trinajstić information content (AvgIpc) is 2.26. The van der Waals surface area contributed by atoms with Gasteiger partial charge in [0.25, 0.3) is 0 Å². The second kappa shape index (κ2) is 3.44. The molecule has 0 aliphatic carbocycles. The lowest BCUT2D eigenvalue weighted by atomic mass is 9.95. The van der Waals surface area contributed by atoms with Gasteiger partial charge in [-0.25, -0.2) is 0 Å². The van der Waals surface area contributed by atoms with Crippen molar-refractivity contribution in [3.63, 3.8) is 0 Å². The smallest absolute Gasteiger partial charge is 0.145 e. The Morgan fingerprint density at radius 1 is 1.27 bits per heavy atom. The van der Waals surface area contributed by atoms with E-state index in [0.717, 1.165) is 24.6 Å². The normalized spacial score (nSPS) is 18.4. The summed E-state index contributed by atoms with van der Waals surface area (Å²) in [4.78, 5) is 0. The Balaban J connectivity index is 2.39. The van der Waals surface area contributed by atoms with Crippen molar-refractivity contribution in [1.29, 1.82) is 0 Å². The van der Waals surface area contributed by atoms with Crippen molar-refractivity contribution < 1.29 is 4.74 Å². The molecular weight excluding hydrogens is 186 g/mol. The van der Waals surface area contributed by atoms with Gasteiger partial charge in [0.2, 0.25) is 0 Å². The predicted octanol–water partition coefficient (Wildman–Crippen LogP) is 3.13. The fourth-order valence-electron chi connectivity index (χ4n) is 1.93. The highest BCUT2D eigenvalue weighted by Gasteiger charge is 2.24. The fourth-order valence-corrected chi connectivity index (χ4v) is 1.93. The molecule has 15 heavy (non-hydrogen) atoms. The third-order valence-electron chi connectivity index (χ3n) is 2.78. The minimum absolute atomic E-state index is 0.194. The van der Waals surface area contributed by atoms with Gasteiger partial charge in [0.15, 0.2) is 0 Å². The molecule has 0 amide bonds. The topological polar surface area (TPSA) is 21.3 Å². The van der Waals surface area contributed by atoms with E-state index in [-0.39, 0.29) is 5.41 Å². The monoisotopic (exact) mass is 205 g/mol. The first-order chi connectivity index (χ1) is 6.98. The van der Waals surface area contributed by atoms with Gasteiger partial charge in [-0.1, -0.05) is 19.9 Å². The van der Waals surface area contributed by atoms with Crippen LogP contribution in [0.2, 0.25) is 0 Å². The van der Waals surface area contributed by atoms with Gasteiger partial charge in [0.1, 0.15) is 5.75 Å². The van der Waals surface area contributed by atoms with Crippen molar-refractivity contribution in [2.24, 2.45) is 5.41 Å². The molecule has 0 atom stereocenters. The van der Waals surface area contributed by atoms with Crippen LogP contribution in [0.4, 0.5) is 5.69 Å². The zero-order chi connectivity index (χ0) is 11.1. The molecule has 0 fully saturated rings. The summed E-state index contributed by atoms with van der Waals surface area (Å²) in [5.74, 6) is 1.02. The number of anilines is 1. The Kier molecular flexibility index (Phi) is 2.37. The zero-order valence-electron chi connectivity index (χ0n) is 9.98. The summed E-state index contributed by atoms with van der Waals surface area (Å²) in [5.41, 5.74) is 3.83. The highest BCUT2D eigenvalue weighted by molar-refractivity contribution is 5.62. The van der Waals surface area contributed by atoms with Gasteiger partial charge in [-0.2, -0.15) is 0 Å². The maximum Gasteiger partial charge on any atom is 0.145 e. The number of fused-ring (bicyclic) bond motifs is 1. The second-order valence-corrected chi connectivity index (χ2v) is 5.26. The third-order valence-corrected chi connectivity index (χ3v) is 2.78. The van der Waals surface area contributed by atoms with Gasteiger partial charge in [0, 0.05) is 12.0 Å². The number of rotatable bonds is 0. The van der Waals surface area contributed by atoms with Crippen molar-refractivity contribution in [3.8, 4) is 5.75 Å². The van der Waals surface area contributed by atoms with Crippen LogP contribution < -0.4 is 10.1 Å². The molecule has 1 aromatic rings. The summed E-state index contributed by atoms with van der Waals surface area (Å²) in [7, 11) is 0. The summed E-state index contributed by atoms with van der Waals surface area (Å²) >= 11 is 0. The Morgan fingerprint density at radius 2 is 2.00 bits per heavy atom. The molecule has 1 heterocycles. The second-order valence-electron chi connectivity index (χ2n) is 5.26. The summed E-state index contributed by atoms with van der Waals surface area (Å²) in [6, 6.07) is 4.32. The Hall–Kier alpha value is -1.18. The van der Waals surface area contributed by atoms with E-state index in [0.29, 0.717) is 0 Å². The largest absolute Gasteiger partial charge is 0.491 e. The standard InChI is InChI=1S/C13H19NO/c1-9-5-10(2)12-11(6-9)14-7-13(3,4)8-15-12/h5-6,14H,7-8H2,1-4H3. The molecule has 2 rings (SSSR count). The van der Waals surface area contributed by atoms with Gasteiger partial charge in [-0.3, -0.25) is 0 Å². The molecule has 2 heteroatoms. The first-order valence-electron chi connectivity index (χ1n) is 5.46. The Morgan fingerprint density at radius 3 is 2.73 bits per heavy atom. The predicted molar refractivity (Wildman–Crippen MR) is 63.7 cm³/mol. The minimum Gasteiger partial charge on any atom is -0.491 e. The zero-order valence-corrected chi connectivity index (χ0v) is 9.98. The summed E-state index contributed by atoms with van der Waals surface area (Å²) in [6.07, 6.45) is 0. The van der Waals surface area contributed by atoms with Crippen LogP contribution in [0.3, 0.4) is 0 Å². The number of hydrogen-bond acceptors (Lipinski definition) is 2. The van der Waals surface area contributed by atoms with E-state index in [2.05, 4.69) is 45.1 Å². The molecule has 0 aromatic heterocycles. The maximum absolute atomic E-state index is 5.89. The van der Waals surface area contributed by atoms with Crippen LogP contribution in [0.5, 0.6) is 5.75 Å². The van der Waals surface area contributed by atoms with E-state index in [1.54, 1.807) is 0 Å². The van der Waals surface area contributed by atoms with Crippen LogP contribution in [-0.4, -0.2) is 13.2 Å². The van der Waals surface area contributed by atoms with Crippen molar-refractivity contribution in [3.05, 3.63) is 23.3 Å². The van der Waals surface area contributed by atoms with E-state index < -0.39 is 0 Å². The molecule has 2 nitrogen and oxygen atoms in total. The quantitative estimate of drug-likeness (QED) is 0.702. The van der Waals surface area contributed by atoms with Crippen LogP contribution in [-0.2, 0) is 0 Å². The van der Waals surface area contributed by atoms with Gasteiger partial charge in [-0.05, 0) is 31.0 Å². The van der Waals surface area contributed by atoms with E-state index >= 15 is 0 Å². The van der Waals surface area contributed by atoms with E-state index in [4.69, 9.17) is 4.74 Å². The maximum atomic E-state index is 5.89. The molecule has 82 valence electrons. The van der Waals surface area contributed by atoms with Crippen molar-refractivity contribution in [2.45, 2.75) is 27.7 Å². The van der Waals surface area contributed by atoms with Gasteiger partial charge >= 0.3 is 0 Å². The average molecular weight is 205 g/mol. The van der Waals surface area contributed by atoms with Crippen molar-refractivity contribution in [2.75, 3.05) is 18.5 Å². The van der Waals surface area contributed by atoms with Crippen molar-refractivity contribution >= 4 is 5.69 Å². The SMILES string of the molecule is Cc1cc(C)c2c(c1)NCC(C)(C)CO2. The molecular formula is C13H19NO. The summed E-state index contributed by atoms with van der Waals surface area (Å²) < 4.78 is 5.89. The molecule has 0 saturated heterocycles. The molecule has 1 N–H and O–H groups in total. The van der Waals surface area contributed by atoms with E-state index in [1.165, 1.54) is 11.1 Å². The van der Waals surface area contributed by atoms with Gasteiger partial charge in [-0.15, -0.1) is 0 Å². The Bertz CT molecular complexity index is 382. The van der Waals surface area contributed by atoms with E-state index in [1.807, 2.05) is 0 Å². The Labute approximate surface area is 91.6 Å². The van der Waals surface area contributed by atoms with Crippen LogP contribution in [0.25, 0.3) is 0 Å². The molecule has 0 bridgehead atoms. The number of benzene rings is 1. The summed E-state index contributed by atoms with van der Waals surface area (Å²) in [6.45, 7) is 10.4. The number of aryl methyl sites for hydroxylation is 2. The number of nitrogens with one attached hydrogen (secondary N) is 1. The number of ether oxygens (including phenoxy) is 1. The van der Waals surface area contributed by atoms with Crippen molar-refractivity contribution in [1.82, 2.24) is 0 Å². The first-order valence-corrected chi connectivity index (χ1v) is 5.46. The summed E-state index contributed by atoms with van der Waals surface area (Å²) in [5, 5.41) is 3.47. The third kappa shape index (κ3) is 2.09. The molecule has 0 unspecified atom stereocenters.